The second kappa shape index (κ2) is 12.8. The topological polar surface area (TPSA) is 38.4 Å². The van der Waals surface area contributed by atoms with Crippen molar-refractivity contribution in [3.63, 3.8) is 0 Å². The fourth-order valence-corrected chi connectivity index (χ4v) is 3.07. The van der Waals surface area contributed by atoms with Gasteiger partial charge in [-0.05, 0) is 49.6 Å². The maximum Gasteiger partial charge on any atom is 0.120 e. The van der Waals surface area contributed by atoms with Crippen LogP contribution in [-0.4, -0.2) is 10.7 Å². The van der Waals surface area contributed by atoms with Crippen molar-refractivity contribution in [3.8, 4) is 11.3 Å². The van der Waals surface area contributed by atoms with Crippen LogP contribution in [0, 0.1) is 19.0 Å². The predicted molar refractivity (Wildman–Crippen MR) is 135 cm³/mol. The van der Waals surface area contributed by atoms with Crippen LogP contribution in [0.3, 0.4) is 0 Å². The zero-order valence-electron chi connectivity index (χ0n) is 26.1. The SMILES string of the molecule is [2H]C([2H])([2H])C1=CN=C(c2[c-]cccc2)CC1.[2H]c1c(C([2H])([2H])[2H])cnc(-c2[c-]cccc3ccccc3oc2)c1[2H].[Ir]. The molecule has 5 rings (SSSR count). The molecule has 0 aliphatic carbocycles. The smallest absolute Gasteiger partial charge is 0.120 e. The molecule has 0 N–H and O–H groups in total. The Hall–Kier alpha value is -3.33. The summed E-state index contributed by atoms with van der Waals surface area (Å²) >= 11 is 0. The van der Waals surface area contributed by atoms with Crippen molar-refractivity contribution in [2.24, 2.45) is 4.99 Å². The molecular formula is C30H26IrN2O-2. The Morgan fingerprint density at radius 2 is 1.74 bits per heavy atom. The third-order valence-corrected chi connectivity index (χ3v) is 4.75. The molecule has 0 bridgehead atoms. The minimum absolute atomic E-state index is 0. The molecule has 0 saturated carbocycles. The van der Waals surface area contributed by atoms with Gasteiger partial charge in [0.1, 0.15) is 5.58 Å². The molecule has 2 aromatic heterocycles. The average Bonchev–Trinajstić information content (AvgIpc) is 3.05. The average molecular weight is 631 g/mol. The molecule has 0 spiro atoms. The van der Waals surface area contributed by atoms with Crippen LogP contribution in [0.15, 0.2) is 112 Å². The predicted octanol–water partition coefficient (Wildman–Crippen LogP) is 7.70. The van der Waals surface area contributed by atoms with Crippen molar-refractivity contribution in [2.45, 2.75) is 26.5 Å². The molecule has 1 aliphatic heterocycles. The number of nitrogens with zero attached hydrogens (tertiary/aromatic N) is 2. The Bertz CT molecular complexity index is 1640. The number of rotatable bonds is 2. The monoisotopic (exact) mass is 631 g/mol. The molecular weight excluding hydrogens is 597 g/mol. The van der Waals surface area contributed by atoms with Gasteiger partial charge in [-0.2, -0.15) is 0 Å². The van der Waals surface area contributed by atoms with Gasteiger partial charge < -0.3 is 14.4 Å². The Kier molecular flexibility index (Phi) is 6.14. The zero-order chi connectivity index (χ0) is 29.6. The molecule has 2 aromatic carbocycles. The van der Waals surface area contributed by atoms with Gasteiger partial charge in [-0.25, -0.2) is 0 Å². The molecule has 3 heterocycles. The van der Waals surface area contributed by atoms with Gasteiger partial charge >= 0.3 is 0 Å². The maximum absolute atomic E-state index is 8.11. The van der Waals surface area contributed by atoms with Crippen LogP contribution in [0.4, 0.5) is 0 Å². The van der Waals surface area contributed by atoms with Crippen molar-refractivity contribution in [2.75, 3.05) is 0 Å². The minimum Gasteiger partial charge on any atom is -0.508 e. The maximum atomic E-state index is 8.11. The van der Waals surface area contributed by atoms with Gasteiger partial charge in [-0.3, -0.25) is 0 Å². The zero-order valence-corrected chi connectivity index (χ0v) is 20.5. The summed E-state index contributed by atoms with van der Waals surface area (Å²) < 4.78 is 65.9. The van der Waals surface area contributed by atoms with E-state index in [2.05, 4.69) is 22.1 Å². The van der Waals surface area contributed by atoms with Crippen molar-refractivity contribution in [1.29, 1.82) is 0 Å². The number of para-hydroxylation sites is 1. The Morgan fingerprint density at radius 3 is 2.53 bits per heavy atom. The molecule has 0 fully saturated rings. The number of fused-ring (bicyclic) bond motifs is 1. The Balaban J connectivity index is 0.000000247. The van der Waals surface area contributed by atoms with Crippen LogP contribution in [0.2, 0.25) is 0 Å². The Morgan fingerprint density at radius 1 is 0.912 bits per heavy atom. The van der Waals surface area contributed by atoms with Crippen LogP contribution in [-0.2, 0) is 20.1 Å². The summed E-state index contributed by atoms with van der Waals surface area (Å²) in [5, 5.41) is 0.885. The van der Waals surface area contributed by atoms with Crippen LogP contribution >= 0.6 is 0 Å². The molecule has 0 amide bonds. The molecule has 3 nitrogen and oxygen atoms in total. The third-order valence-electron chi connectivity index (χ3n) is 4.75. The first-order valence-electron chi connectivity index (χ1n) is 14.4. The molecule has 0 unspecified atom stereocenters. The summed E-state index contributed by atoms with van der Waals surface area (Å²) in [6, 6.07) is 25.7. The standard InChI is InChI=1S/C18H14NO.C12H12N.Ir/c1-14-10-11-17(19-12-14)16-8-3-2-6-15-7-4-5-9-18(15)20-13-16;1-10-7-8-12(13-9-10)11-5-3-2-4-6-11;/h2-7,9-13H,1H3;2-5,9H,7-8H2,1H3;/q2*-1;/i1D3,10D,11D;1D3;. The number of hydrogen-bond acceptors (Lipinski definition) is 3. The molecule has 1 aliphatic rings. The summed E-state index contributed by atoms with van der Waals surface area (Å²) in [5.74, 6) is 0. The first-order valence-corrected chi connectivity index (χ1v) is 10.4. The second-order valence-corrected chi connectivity index (χ2v) is 7.13. The summed E-state index contributed by atoms with van der Waals surface area (Å²) in [4.78, 5) is 8.28. The first kappa shape index (κ1) is 16.3. The summed E-state index contributed by atoms with van der Waals surface area (Å²) in [5.41, 5.74) is 3.17. The number of benzene rings is 2. The van der Waals surface area contributed by atoms with E-state index in [-0.39, 0.29) is 43.4 Å². The summed E-state index contributed by atoms with van der Waals surface area (Å²) in [6.07, 6.45) is 5.22. The minimum atomic E-state index is -2.48. The second-order valence-electron chi connectivity index (χ2n) is 7.13. The van der Waals surface area contributed by atoms with E-state index in [1.54, 1.807) is 12.1 Å². The van der Waals surface area contributed by atoms with Gasteiger partial charge in [0.25, 0.3) is 0 Å². The molecule has 1 radical (unpaired) electrons. The van der Waals surface area contributed by atoms with Gasteiger partial charge in [0, 0.05) is 52.4 Å². The van der Waals surface area contributed by atoms with Crippen molar-refractivity contribution in [3.05, 3.63) is 126 Å². The van der Waals surface area contributed by atoms with Crippen LogP contribution in [0.25, 0.3) is 22.2 Å². The van der Waals surface area contributed by atoms with Gasteiger partial charge in [0.2, 0.25) is 0 Å². The molecule has 0 saturated heterocycles. The molecule has 4 heteroatoms. The van der Waals surface area contributed by atoms with E-state index < -0.39 is 13.7 Å². The van der Waals surface area contributed by atoms with Crippen molar-refractivity contribution >= 4 is 16.7 Å². The number of aromatic nitrogens is 1. The van der Waals surface area contributed by atoms with E-state index in [9.17, 15) is 0 Å². The van der Waals surface area contributed by atoms with Gasteiger partial charge in [-0.1, -0.05) is 47.5 Å². The number of aliphatic imine (C=N–C) groups is 1. The largest absolute Gasteiger partial charge is 0.508 e. The van der Waals surface area contributed by atoms with E-state index >= 15 is 0 Å². The quantitative estimate of drug-likeness (QED) is 0.213. The van der Waals surface area contributed by atoms with Gasteiger partial charge in [-0.15, -0.1) is 54.1 Å². The van der Waals surface area contributed by atoms with E-state index in [0.29, 0.717) is 29.6 Å². The fourth-order valence-electron chi connectivity index (χ4n) is 3.07. The van der Waals surface area contributed by atoms with Crippen molar-refractivity contribution in [1.82, 2.24) is 4.98 Å². The number of pyridine rings is 1. The van der Waals surface area contributed by atoms with Crippen LogP contribution in [0.1, 0.15) is 41.8 Å². The number of aryl methyl sites for hydroxylation is 1. The van der Waals surface area contributed by atoms with Gasteiger partial charge in [0.05, 0.1) is 2.74 Å². The van der Waals surface area contributed by atoms with Crippen LogP contribution in [0.5, 0.6) is 0 Å². The third kappa shape index (κ3) is 7.08. The van der Waals surface area contributed by atoms with E-state index in [1.165, 1.54) is 12.5 Å². The van der Waals surface area contributed by atoms with Gasteiger partial charge in [0.15, 0.2) is 0 Å². The molecule has 173 valence electrons. The van der Waals surface area contributed by atoms with E-state index in [4.69, 9.17) is 15.4 Å². The fraction of sp³-hybridized carbons (Fsp3) is 0.133. The normalized spacial score (nSPS) is 16.5. The van der Waals surface area contributed by atoms with E-state index in [1.807, 2.05) is 54.6 Å². The number of hydrogen-bond donors (Lipinski definition) is 0. The molecule has 34 heavy (non-hydrogen) atoms. The van der Waals surface area contributed by atoms with Crippen molar-refractivity contribution < 1.29 is 35.5 Å². The van der Waals surface area contributed by atoms with E-state index in [0.717, 1.165) is 22.9 Å². The molecule has 0 atom stereocenters. The summed E-state index contributed by atoms with van der Waals surface area (Å²) in [6.45, 7) is -4.49. The molecule has 4 aromatic rings. The Labute approximate surface area is 226 Å². The van der Waals surface area contributed by atoms with Crippen LogP contribution < -0.4 is 0 Å². The number of allylic oxidation sites excluding steroid dienone is 1. The summed E-state index contributed by atoms with van der Waals surface area (Å²) in [7, 11) is 0. The first-order chi connectivity index (χ1) is 19.4.